The zero-order chi connectivity index (χ0) is 18.7. The van der Waals surface area contributed by atoms with Crippen LogP contribution in [0.25, 0.3) is 0 Å². The van der Waals surface area contributed by atoms with Crippen LogP contribution >= 0.6 is 0 Å². The number of para-hydroxylation sites is 2. The molecule has 3 rings (SSSR count). The van der Waals surface area contributed by atoms with Gasteiger partial charge in [-0.25, -0.2) is 0 Å². The molecule has 8 nitrogen and oxygen atoms in total. The average Bonchev–Trinajstić information content (AvgIpc) is 2.65. The fourth-order valence-corrected chi connectivity index (χ4v) is 3.34. The Morgan fingerprint density at radius 3 is 2.42 bits per heavy atom. The van der Waals surface area contributed by atoms with E-state index in [0.717, 1.165) is 0 Å². The second-order valence-electron chi connectivity index (χ2n) is 6.54. The number of aliphatic carboxylic acids is 1. The van der Waals surface area contributed by atoms with Crippen LogP contribution in [-0.4, -0.2) is 53.3 Å². The van der Waals surface area contributed by atoms with Gasteiger partial charge in [0.2, 0.25) is 17.7 Å². The van der Waals surface area contributed by atoms with Gasteiger partial charge < -0.3 is 20.2 Å². The number of carboxylic acids is 1. The predicted molar refractivity (Wildman–Crippen MR) is 93.6 cm³/mol. The molecule has 138 valence electrons. The Labute approximate surface area is 150 Å². The highest BCUT2D eigenvalue weighted by molar-refractivity contribution is 6.10. The van der Waals surface area contributed by atoms with Crippen molar-refractivity contribution in [3.63, 3.8) is 0 Å². The molecule has 2 heterocycles. The molecule has 0 aliphatic carbocycles. The summed E-state index contributed by atoms with van der Waals surface area (Å²) in [6, 6.07) is 7.04. The summed E-state index contributed by atoms with van der Waals surface area (Å²) >= 11 is 0. The Hall–Kier alpha value is -2.90. The van der Waals surface area contributed by atoms with Crippen LogP contribution in [0.3, 0.4) is 0 Å². The molecule has 0 bridgehead atoms. The van der Waals surface area contributed by atoms with Crippen molar-refractivity contribution in [1.29, 1.82) is 0 Å². The molecule has 1 aromatic carbocycles. The molecule has 1 aromatic rings. The monoisotopic (exact) mass is 359 g/mol. The minimum Gasteiger partial charge on any atom is -0.481 e. The Morgan fingerprint density at radius 1 is 1.08 bits per heavy atom. The number of hydrogen-bond donors (Lipinski definition) is 2. The number of amides is 3. The van der Waals surface area contributed by atoms with Gasteiger partial charge in [0.25, 0.3) is 0 Å². The van der Waals surface area contributed by atoms with Crippen LogP contribution < -0.4 is 10.2 Å². The molecular weight excluding hydrogens is 338 g/mol. The molecule has 0 spiro atoms. The Balaban J connectivity index is 1.55. The van der Waals surface area contributed by atoms with Crippen LogP contribution in [0.5, 0.6) is 0 Å². The van der Waals surface area contributed by atoms with Gasteiger partial charge >= 0.3 is 5.97 Å². The van der Waals surface area contributed by atoms with Crippen molar-refractivity contribution in [2.45, 2.75) is 25.7 Å². The van der Waals surface area contributed by atoms with E-state index < -0.39 is 11.9 Å². The van der Waals surface area contributed by atoms with Crippen molar-refractivity contribution in [1.82, 2.24) is 4.90 Å². The summed E-state index contributed by atoms with van der Waals surface area (Å²) in [7, 11) is 0. The minimum atomic E-state index is -0.825. The topological polar surface area (TPSA) is 107 Å². The minimum absolute atomic E-state index is 0.0132. The van der Waals surface area contributed by atoms with Crippen molar-refractivity contribution in [2.75, 3.05) is 29.9 Å². The quantitative estimate of drug-likeness (QED) is 0.836. The van der Waals surface area contributed by atoms with Crippen LogP contribution in [0.1, 0.15) is 25.7 Å². The van der Waals surface area contributed by atoms with Crippen molar-refractivity contribution < 1.29 is 24.3 Å². The molecule has 1 saturated heterocycles. The number of nitrogens with zero attached hydrogens (tertiary/aromatic N) is 2. The van der Waals surface area contributed by atoms with Gasteiger partial charge in [-0.15, -0.1) is 0 Å². The van der Waals surface area contributed by atoms with Crippen molar-refractivity contribution in [3.8, 4) is 0 Å². The van der Waals surface area contributed by atoms with E-state index in [1.165, 1.54) is 4.90 Å². The van der Waals surface area contributed by atoms with E-state index in [2.05, 4.69) is 5.32 Å². The largest absolute Gasteiger partial charge is 0.481 e. The number of likely N-dealkylation sites (tertiary alicyclic amines) is 1. The van der Waals surface area contributed by atoms with E-state index in [1.54, 1.807) is 29.2 Å². The van der Waals surface area contributed by atoms with Crippen LogP contribution in [0, 0.1) is 5.92 Å². The van der Waals surface area contributed by atoms with Gasteiger partial charge in [-0.1, -0.05) is 12.1 Å². The summed E-state index contributed by atoms with van der Waals surface area (Å²) in [5.41, 5.74) is 1.21. The normalized spacial score (nSPS) is 17.5. The van der Waals surface area contributed by atoms with Gasteiger partial charge in [-0.05, 0) is 25.0 Å². The van der Waals surface area contributed by atoms with E-state index >= 15 is 0 Å². The second-order valence-corrected chi connectivity index (χ2v) is 6.54. The lowest BCUT2D eigenvalue weighted by molar-refractivity contribution is -0.145. The number of rotatable bonds is 4. The van der Waals surface area contributed by atoms with E-state index in [0.29, 0.717) is 37.3 Å². The van der Waals surface area contributed by atoms with Gasteiger partial charge in [0.1, 0.15) is 6.54 Å². The maximum Gasteiger partial charge on any atom is 0.306 e. The van der Waals surface area contributed by atoms with Gasteiger partial charge in [-0.3, -0.25) is 19.2 Å². The number of hydrogen-bond acceptors (Lipinski definition) is 4. The van der Waals surface area contributed by atoms with Crippen molar-refractivity contribution >= 4 is 35.1 Å². The zero-order valence-electron chi connectivity index (χ0n) is 14.3. The number of fused-ring (bicyclic) bond motifs is 1. The number of nitrogens with one attached hydrogen (secondary N) is 1. The zero-order valence-corrected chi connectivity index (χ0v) is 14.3. The number of carbonyl (C=O) groups is 4. The molecule has 0 radical (unpaired) electrons. The first-order chi connectivity index (χ1) is 12.5. The first-order valence-electron chi connectivity index (χ1n) is 8.65. The van der Waals surface area contributed by atoms with Crippen LogP contribution in [0.4, 0.5) is 11.4 Å². The molecule has 0 aromatic heterocycles. The van der Waals surface area contributed by atoms with E-state index in [4.69, 9.17) is 5.11 Å². The number of anilines is 2. The van der Waals surface area contributed by atoms with Crippen molar-refractivity contribution in [3.05, 3.63) is 24.3 Å². The third-order valence-corrected chi connectivity index (χ3v) is 4.82. The Kier molecular flexibility index (Phi) is 5.20. The van der Waals surface area contributed by atoms with Gasteiger partial charge in [0.05, 0.1) is 17.3 Å². The molecule has 2 N–H and O–H groups in total. The first-order valence-corrected chi connectivity index (χ1v) is 8.65. The number of carboxylic acid groups (broad SMARTS) is 1. The van der Waals surface area contributed by atoms with E-state index in [-0.39, 0.29) is 37.1 Å². The lowest BCUT2D eigenvalue weighted by atomic mass is 9.97. The first kappa shape index (κ1) is 17.9. The maximum atomic E-state index is 12.5. The van der Waals surface area contributed by atoms with E-state index in [9.17, 15) is 19.2 Å². The number of carbonyl (C=O) groups excluding carboxylic acids is 3. The third-order valence-electron chi connectivity index (χ3n) is 4.82. The lowest BCUT2D eigenvalue weighted by Crippen LogP contribution is -2.43. The molecule has 0 unspecified atom stereocenters. The fourth-order valence-electron chi connectivity index (χ4n) is 3.34. The molecule has 26 heavy (non-hydrogen) atoms. The van der Waals surface area contributed by atoms with Crippen LogP contribution in [0.15, 0.2) is 24.3 Å². The maximum absolute atomic E-state index is 12.5. The summed E-state index contributed by atoms with van der Waals surface area (Å²) in [4.78, 5) is 50.6. The van der Waals surface area contributed by atoms with Crippen molar-refractivity contribution in [2.24, 2.45) is 5.92 Å². The predicted octanol–water partition coefficient (Wildman–Crippen LogP) is 1.08. The van der Waals surface area contributed by atoms with Crippen LogP contribution in [0.2, 0.25) is 0 Å². The third kappa shape index (κ3) is 3.84. The lowest BCUT2D eigenvalue weighted by Gasteiger charge is -2.31. The highest BCUT2D eigenvalue weighted by Crippen LogP contribution is 2.29. The summed E-state index contributed by atoms with van der Waals surface area (Å²) in [6.07, 6.45) is 0.944. The SMILES string of the molecule is O=C1CN(C(=O)CCC(=O)N2CCC(C(=O)O)CC2)c2ccccc2N1. The van der Waals surface area contributed by atoms with Gasteiger partial charge in [0, 0.05) is 25.9 Å². The summed E-state index contributed by atoms with van der Waals surface area (Å²) < 4.78 is 0. The summed E-state index contributed by atoms with van der Waals surface area (Å²) in [5.74, 6) is -1.92. The second kappa shape index (κ2) is 7.55. The summed E-state index contributed by atoms with van der Waals surface area (Å²) in [5, 5.41) is 11.7. The molecular formula is C18H21N3O5. The Bertz CT molecular complexity index is 740. The molecule has 1 fully saturated rings. The molecule has 0 atom stereocenters. The average molecular weight is 359 g/mol. The molecule has 2 aliphatic heterocycles. The summed E-state index contributed by atoms with van der Waals surface area (Å²) in [6.45, 7) is 0.742. The highest BCUT2D eigenvalue weighted by Gasteiger charge is 2.29. The fraction of sp³-hybridized carbons (Fsp3) is 0.444. The molecule has 0 saturated carbocycles. The standard InChI is InChI=1S/C18H21N3O5/c22-15-11-21(14-4-2-1-3-13(14)19-15)17(24)6-5-16(23)20-9-7-12(8-10-20)18(25)26/h1-4,12H,5-11H2,(H,19,22)(H,25,26). The smallest absolute Gasteiger partial charge is 0.306 e. The molecule has 3 amide bonds. The van der Waals surface area contributed by atoms with Crippen LogP contribution in [-0.2, 0) is 19.2 Å². The van der Waals surface area contributed by atoms with Gasteiger partial charge in [-0.2, -0.15) is 0 Å². The van der Waals surface area contributed by atoms with Gasteiger partial charge in [0.15, 0.2) is 0 Å². The molecule has 8 heteroatoms. The number of piperidine rings is 1. The Morgan fingerprint density at radius 2 is 1.73 bits per heavy atom. The molecule has 2 aliphatic rings. The highest BCUT2D eigenvalue weighted by atomic mass is 16.4. The van der Waals surface area contributed by atoms with E-state index in [1.807, 2.05) is 0 Å². The number of benzene rings is 1.